The Bertz CT molecular complexity index is 875. The van der Waals surface area contributed by atoms with Gasteiger partial charge >= 0.3 is 0 Å². The second kappa shape index (κ2) is 11.2. The van der Waals surface area contributed by atoms with E-state index in [1.807, 2.05) is 43.3 Å². The zero-order chi connectivity index (χ0) is 23.0. The number of nitrogens with zero attached hydrogens (tertiary/aromatic N) is 1. The molecule has 0 bridgehead atoms. The Balaban J connectivity index is 2.12. The van der Waals surface area contributed by atoms with E-state index in [1.54, 1.807) is 19.1 Å². The fraction of sp³-hybridized carbons (Fsp3) is 0.440. The summed E-state index contributed by atoms with van der Waals surface area (Å²) in [7, 11) is 0. The molecule has 168 valence electrons. The summed E-state index contributed by atoms with van der Waals surface area (Å²) in [5.74, 6) is 0.165. The van der Waals surface area contributed by atoms with E-state index < -0.39 is 6.04 Å². The maximum atomic E-state index is 13.0. The number of halogens is 1. The summed E-state index contributed by atoms with van der Waals surface area (Å²) in [5.41, 5.74) is 2.09. The highest BCUT2D eigenvalue weighted by Crippen LogP contribution is 2.24. The molecule has 2 rings (SSSR count). The quantitative estimate of drug-likeness (QED) is 0.594. The molecule has 1 N–H and O–H groups in total. The summed E-state index contributed by atoms with van der Waals surface area (Å²) in [6, 6.07) is 14.4. The fourth-order valence-electron chi connectivity index (χ4n) is 3.09. The number of carbonyl (C=O) groups excluding carboxylic acids is 2. The summed E-state index contributed by atoms with van der Waals surface area (Å²) < 4.78 is 5.74. The lowest BCUT2D eigenvalue weighted by Crippen LogP contribution is -2.49. The van der Waals surface area contributed by atoms with Crippen LogP contribution in [-0.4, -0.2) is 35.9 Å². The molecule has 0 saturated heterocycles. The van der Waals surface area contributed by atoms with Gasteiger partial charge in [0.15, 0.2) is 6.61 Å². The molecule has 5 nitrogen and oxygen atoms in total. The van der Waals surface area contributed by atoms with Crippen LogP contribution in [0.2, 0.25) is 5.02 Å². The van der Waals surface area contributed by atoms with Gasteiger partial charge in [-0.25, -0.2) is 0 Å². The van der Waals surface area contributed by atoms with Crippen molar-refractivity contribution in [2.75, 3.05) is 13.2 Å². The van der Waals surface area contributed by atoms with Crippen LogP contribution in [0.1, 0.15) is 52.2 Å². The van der Waals surface area contributed by atoms with Gasteiger partial charge in [-0.2, -0.15) is 0 Å². The highest BCUT2D eigenvalue weighted by Gasteiger charge is 2.26. The molecule has 0 aliphatic rings. The van der Waals surface area contributed by atoms with Crippen LogP contribution in [0.15, 0.2) is 48.5 Å². The Labute approximate surface area is 190 Å². The first kappa shape index (κ1) is 24.7. The van der Waals surface area contributed by atoms with Crippen molar-refractivity contribution >= 4 is 23.4 Å². The Hall–Kier alpha value is -2.53. The van der Waals surface area contributed by atoms with E-state index in [-0.39, 0.29) is 30.4 Å². The maximum Gasteiger partial charge on any atom is 0.261 e. The van der Waals surface area contributed by atoms with Crippen LogP contribution in [-0.2, 0) is 21.5 Å². The lowest BCUT2D eigenvalue weighted by atomic mass is 9.87. The molecule has 0 aliphatic heterocycles. The highest BCUT2D eigenvalue weighted by molar-refractivity contribution is 6.30. The van der Waals surface area contributed by atoms with Crippen LogP contribution < -0.4 is 10.1 Å². The normalized spacial score (nSPS) is 12.2. The Morgan fingerprint density at radius 1 is 1.13 bits per heavy atom. The summed E-state index contributed by atoms with van der Waals surface area (Å²) in [6.07, 6.45) is 0.828. The van der Waals surface area contributed by atoms with Crippen molar-refractivity contribution in [1.82, 2.24) is 10.2 Å². The van der Waals surface area contributed by atoms with Gasteiger partial charge in [0.1, 0.15) is 11.8 Å². The predicted molar refractivity (Wildman–Crippen MR) is 125 cm³/mol. The second-order valence-electron chi connectivity index (χ2n) is 8.68. The van der Waals surface area contributed by atoms with Gasteiger partial charge in [0.2, 0.25) is 5.91 Å². The number of carbonyl (C=O) groups is 2. The van der Waals surface area contributed by atoms with Crippen LogP contribution in [0, 0.1) is 0 Å². The van der Waals surface area contributed by atoms with E-state index >= 15 is 0 Å². The molecular weight excluding hydrogens is 412 g/mol. The third kappa shape index (κ3) is 7.59. The first-order valence-corrected chi connectivity index (χ1v) is 11.0. The van der Waals surface area contributed by atoms with Crippen molar-refractivity contribution in [3.63, 3.8) is 0 Å². The van der Waals surface area contributed by atoms with E-state index in [9.17, 15) is 9.59 Å². The van der Waals surface area contributed by atoms with Crippen molar-refractivity contribution in [3.8, 4) is 5.75 Å². The van der Waals surface area contributed by atoms with E-state index in [1.165, 1.54) is 10.5 Å². The number of benzene rings is 2. The van der Waals surface area contributed by atoms with Gasteiger partial charge in [-0.15, -0.1) is 0 Å². The first-order chi connectivity index (χ1) is 14.6. The van der Waals surface area contributed by atoms with E-state index in [2.05, 4.69) is 26.1 Å². The van der Waals surface area contributed by atoms with Crippen molar-refractivity contribution < 1.29 is 14.3 Å². The largest absolute Gasteiger partial charge is 0.484 e. The van der Waals surface area contributed by atoms with Crippen molar-refractivity contribution in [1.29, 1.82) is 0 Å². The Morgan fingerprint density at radius 3 is 2.39 bits per heavy atom. The van der Waals surface area contributed by atoms with Crippen molar-refractivity contribution in [2.45, 2.75) is 59.0 Å². The highest BCUT2D eigenvalue weighted by atomic mass is 35.5. The van der Waals surface area contributed by atoms with Crippen LogP contribution in [0.3, 0.4) is 0 Å². The van der Waals surface area contributed by atoms with E-state index in [0.717, 1.165) is 12.0 Å². The van der Waals surface area contributed by atoms with Crippen molar-refractivity contribution in [2.24, 2.45) is 0 Å². The minimum atomic E-state index is -0.634. The van der Waals surface area contributed by atoms with Gasteiger partial charge in [0.05, 0.1) is 0 Å². The second-order valence-corrected chi connectivity index (χ2v) is 9.12. The SMILES string of the molecule is CCCNC(=O)[C@@H](C)N(Cc1cccc(Cl)c1)C(=O)COc1ccc(C(C)(C)C)cc1. The first-order valence-electron chi connectivity index (χ1n) is 10.7. The molecule has 0 radical (unpaired) electrons. The lowest BCUT2D eigenvalue weighted by molar-refractivity contribution is -0.142. The molecule has 2 aromatic rings. The molecule has 1 atom stereocenters. The molecule has 0 saturated carbocycles. The number of hydrogen-bond acceptors (Lipinski definition) is 3. The van der Waals surface area contributed by atoms with Crippen LogP contribution in [0.25, 0.3) is 0 Å². The number of ether oxygens (including phenoxy) is 1. The monoisotopic (exact) mass is 444 g/mol. The zero-order valence-corrected chi connectivity index (χ0v) is 19.8. The van der Waals surface area contributed by atoms with Gasteiger partial charge in [-0.05, 0) is 54.2 Å². The van der Waals surface area contributed by atoms with Gasteiger partial charge < -0.3 is 15.0 Å². The third-order valence-corrected chi connectivity index (χ3v) is 5.28. The molecule has 0 fully saturated rings. The average molecular weight is 445 g/mol. The molecule has 0 unspecified atom stereocenters. The summed E-state index contributed by atoms with van der Waals surface area (Å²) in [5, 5.41) is 3.45. The molecule has 2 amide bonds. The van der Waals surface area contributed by atoms with Crippen LogP contribution in [0.4, 0.5) is 0 Å². The molecular formula is C25H33ClN2O3. The van der Waals surface area contributed by atoms with Gasteiger partial charge in [0, 0.05) is 18.1 Å². The molecule has 6 heteroatoms. The van der Waals surface area contributed by atoms with Crippen LogP contribution >= 0.6 is 11.6 Å². The Morgan fingerprint density at radius 2 is 1.81 bits per heavy atom. The molecule has 31 heavy (non-hydrogen) atoms. The molecule has 0 aromatic heterocycles. The number of rotatable bonds is 9. The van der Waals surface area contributed by atoms with Gasteiger partial charge in [-0.1, -0.05) is 63.6 Å². The minimum absolute atomic E-state index is 0.0450. The topological polar surface area (TPSA) is 58.6 Å². The number of hydrogen-bond donors (Lipinski definition) is 1. The van der Waals surface area contributed by atoms with Gasteiger partial charge in [-0.3, -0.25) is 9.59 Å². The molecule has 0 heterocycles. The standard InChI is InChI=1S/C25H33ClN2O3/c1-6-14-27-24(30)18(2)28(16-19-8-7-9-21(26)15-19)23(29)17-31-22-12-10-20(11-13-22)25(3,4)5/h7-13,15,18H,6,14,16-17H2,1-5H3,(H,27,30)/t18-/m1/s1. The van der Waals surface area contributed by atoms with Crippen LogP contribution in [0.5, 0.6) is 5.75 Å². The van der Waals surface area contributed by atoms with E-state index in [4.69, 9.17) is 16.3 Å². The summed E-state index contributed by atoms with van der Waals surface area (Å²) in [6.45, 7) is 10.8. The smallest absolute Gasteiger partial charge is 0.261 e. The predicted octanol–water partition coefficient (Wildman–Crippen LogP) is 4.96. The minimum Gasteiger partial charge on any atom is -0.484 e. The molecule has 0 aliphatic carbocycles. The average Bonchev–Trinajstić information content (AvgIpc) is 2.73. The molecule has 2 aromatic carbocycles. The van der Waals surface area contributed by atoms with E-state index in [0.29, 0.717) is 17.3 Å². The lowest BCUT2D eigenvalue weighted by Gasteiger charge is -2.29. The maximum absolute atomic E-state index is 13.0. The third-order valence-electron chi connectivity index (χ3n) is 5.04. The van der Waals surface area contributed by atoms with Crippen molar-refractivity contribution in [3.05, 3.63) is 64.7 Å². The fourth-order valence-corrected chi connectivity index (χ4v) is 3.30. The summed E-state index contributed by atoms with van der Waals surface area (Å²) >= 11 is 6.10. The van der Waals surface area contributed by atoms with Gasteiger partial charge in [0.25, 0.3) is 5.91 Å². The summed E-state index contributed by atoms with van der Waals surface area (Å²) in [4.78, 5) is 27.1. The Kier molecular flexibility index (Phi) is 8.93. The zero-order valence-electron chi connectivity index (χ0n) is 19.1. The molecule has 0 spiro atoms. The number of amides is 2. The number of nitrogens with one attached hydrogen (secondary N) is 1.